The van der Waals surface area contributed by atoms with E-state index in [2.05, 4.69) is 10.3 Å². The van der Waals surface area contributed by atoms with Crippen LogP contribution in [0, 0.1) is 24.4 Å². The predicted octanol–water partition coefficient (Wildman–Crippen LogP) is 4.41. The van der Waals surface area contributed by atoms with E-state index in [0.717, 1.165) is 6.92 Å². The molecule has 0 aliphatic carbocycles. The maximum atomic E-state index is 13.9. The molecular weight excluding hydrogens is 298 g/mol. The third kappa shape index (κ3) is 2.50. The van der Waals surface area contributed by atoms with Crippen LogP contribution in [0.4, 0.5) is 32.0 Å². The zero-order chi connectivity index (χ0) is 15.9. The van der Waals surface area contributed by atoms with E-state index in [-0.39, 0.29) is 18.3 Å². The van der Waals surface area contributed by atoms with Crippen molar-refractivity contribution in [1.29, 1.82) is 0 Å². The molecule has 0 spiro atoms. The summed E-state index contributed by atoms with van der Waals surface area (Å²) in [5, 5.41) is 1.89. The molecule has 0 aliphatic rings. The van der Waals surface area contributed by atoms with Crippen molar-refractivity contribution in [2.24, 2.45) is 0 Å². The van der Waals surface area contributed by atoms with Gasteiger partial charge in [-0.1, -0.05) is 0 Å². The quantitative estimate of drug-likeness (QED) is 0.656. The van der Waals surface area contributed by atoms with Crippen LogP contribution in [0.25, 0.3) is 10.9 Å². The van der Waals surface area contributed by atoms with Crippen LogP contribution in [0.15, 0.2) is 6.07 Å². The molecule has 21 heavy (non-hydrogen) atoms. The number of fused-ring (bicyclic) bond motifs is 1. The Morgan fingerprint density at radius 2 is 1.76 bits per heavy atom. The molecule has 114 valence electrons. The standard InChI is InChI=1S/C13H10F6N2/c1-3-20-10-5(2)12(13(17,18)19)21-11-7(15)4-6(14)9(16)8(10)11/h4H,3H2,1-2H3,(H,20,21). The van der Waals surface area contributed by atoms with E-state index in [1.165, 1.54) is 0 Å². The summed E-state index contributed by atoms with van der Waals surface area (Å²) in [4.78, 5) is 3.14. The number of anilines is 1. The summed E-state index contributed by atoms with van der Waals surface area (Å²) >= 11 is 0. The molecular formula is C13H10F6N2. The van der Waals surface area contributed by atoms with Crippen molar-refractivity contribution < 1.29 is 26.3 Å². The molecule has 0 bridgehead atoms. The van der Waals surface area contributed by atoms with Gasteiger partial charge in [0.25, 0.3) is 0 Å². The number of rotatable bonds is 2. The molecule has 0 unspecified atom stereocenters. The van der Waals surface area contributed by atoms with Crippen molar-refractivity contribution in [3.8, 4) is 0 Å². The topological polar surface area (TPSA) is 24.9 Å². The molecule has 0 aliphatic heterocycles. The highest BCUT2D eigenvalue weighted by atomic mass is 19.4. The van der Waals surface area contributed by atoms with Gasteiger partial charge >= 0.3 is 6.18 Å². The SMILES string of the molecule is CCNc1c(C)c(C(F)(F)F)nc2c(F)cc(F)c(F)c12. The molecule has 0 amide bonds. The Labute approximate surface area is 115 Å². The minimum Gasteiger partial charge on any atom is -0.384 e. The molecule has 0 fully saturated rings. The number of hydrogen-bond acceptors (Lipinski definition) is 2. The molecule has 2 rings (SSSR count). The fourth-order valence-electron chi connectivity index (χ4n) is 2.10. The van der Waals surface area contributed by atoms with Gasteiger partial charge in [0.05, 0.1) is 11.1 Å². The lowest BCUT2D eigenvalue weighted by atomic mass is 10.0. The van der Waals surface area contributed by atoms with Gasteiger partial charge in [-0.3, -0.25) is 0 Å². The van der Waals surface area contributed by atoms with Crippen LogP contribution in [0.2, 0.25) is 0 Å². The van der Waals surface area contributed by atoms with Gasteiger partial charge in [0.1, 0.15) is 11.2 Å². The molecule has 0 saturated carbocycles. The van der Waals surface area contributed by atoms with Crippen LogP contribution < -0.4 is 5.32 Å². The van der Waals surface area contributed by atoms with Crippen LogP contribution in [-0.2, 0) is 6.18 Å². The second-order valence-corrected chi connectivity index (χ2v) is 4.37. The highest BCUT2D eigenvalue weighted by molar-refractivity contribution is 5.94. The fraction of sp³-hybridized carbons (Fsp3) is 0.308. The van der Waals surface area contributed by atoms with E-state index in [1.807, 2.05) is 0 Å². The summed E-state index contributed by atoms with van der Waals surface area (Å²) in [6, 6.07) is 0.176. The highest BCUT2D eigenvalue weighted by Gasteiger charge is 2.37. The van der Waals surface area contributed by atoms with Gasteiger partial charge < -0.3 is 5.32 Å². The Morgan fingerprint density at radius 3 is 2.29 bits per heavy atom. The fourth-order valence-corrected chi connectivity index (χ4v) is 2.10. The number of benzene rings is 1. The average Bonchev–Trinajstić information content (AvgIpc) is 2.37. The average molecular weight is 308 g/mol. The molecule has 2 aromatic rings. The second-order valence-electron chi connectivity index (χ2n) is 4.37. The predicted molar refractivity (Wildman–Crippen MR) is 65.5 cm³/mol. The number of halogens is 6. The largest absolute Gasteiger partial charge is 0.433 e. The highest BCUT2D eigenvalue weighted by Crippen LogP contribution is 2.39. The molecule has 0 atom stereocenters. The molecule has 1 aromatic carbocycles. The first kappa shape index (κ1) is 15.4. The molecule has 0 saturated heterocycles. The van der Waals surface area contributed by atoms with E-state index in [4.69, 9.17) is 0 Å². The smallest absolute Gasteiger partial charge is 0.384 e. The van der Waals surface area contributed by atoms with E-state index < -0.39 is 45.8 Å². The monoisotopic (exact) mass is 308 g/mol. The Hall–Kier alpha value is -1.99. The summed E-state index contributed by atoms with van der Waals surface area (Å²) in [6.45, 7) is 2.77. The Kier molecular flexibility index (Phi) is 3.73. The van der Waals surface area contributed by atoms with E-state index in [9.17, 15) is 26.3 Å². The molecule has 1 heterocycles. The number of aromatic nitrogens is 1. The first-order valence-electron chi connectivity index (χ1n) is 5.97. The minimum atomic E-state index is -4.83. The number of pyridine rings is 1. The van der Waals surface area contributed by atoms with E-state index >= 15 is 0 Å². The minimum absolute atomic E-state index is 0.148. The summed E-state index contributed by atoms with van der Waals surface area (Å²) in [7, 11) is 0. The Morgan fingerprint density at radius 1 is 1.14 bits per heavy atom. The van der Waals surface area contributed by atoms with Gasteiger partial charge in [0, 0.05) is 18.2 Å². The van der Waals surface area contributed by atoms with Crippen LogP contribution in [-0.4, -0.2) is 11.5 Å². The summed E-state index contributed by atoms with van der Waals surface area (Å²) in [5.74, 6) is -4.28. The van der Waals surface area contributed by atoms with Crippen LogP contribution >= 0.6 is 0 Å². The van der Waals surface area contributed by atoms with Gasteiger partial charge in [-0.15, -0.1) is 0 Å². The molecule has 2 nitrogen and oxygen atoms in total. The number of nitrogens with one attached hydrogen (secondary N) is 1. The third-order valence-corrected chi connectivity index (χ3v) is 2.97. The van der Waals surface area contributed by atoms with Gasteiger partial charge in [0.2, 0.25) is 0 Å². The van der Waals surface area contributed by atoms with Crippen molar-refractivity contribution in [2.45, 2.75) is 20.0 Å². The number of nitrogens with zero attached hydrogens (tertiary/aromatic N) is 1. The lowest BCUT2D eigenvalue weighted by molar-refractivity contribution is -0.141. The lowest BCUT2D eigenvalue weighted by Gasteiger charge is -2.17. The number of hydrogen-bond donors (Lipinski definition) is 1. The van der Waals surface area contributed by atoms with Crippen molar-refractivity contribution >= 4 is 16.6 Å². The zero-order valence-corrected chi connectivity index (χ0v) is 11.0. The second kappa shape index (κ2) is 5.09. The lowest BCUT2D eigenvalue weighted by Crippen LogP contribution is -2.14. The molecule has 0 radical (unpaired) electrons. The van der Waals surface area contributed by atoms with Crippen molar-refractivity contribution in [3.05, 3.63) is 34.8 Å². The van der Waals surface area contributed by atoms with Gasteiger partial charge in [-0.2, -0.15) is 13.2 Å². The molecule has 1 N–H and O–H groups in total. The van der Waals surface area contributed by atoms with Crippen molar-refractivity contribution in [3.63, 3.8) is 0 Å². The van der Waals surface area contributed by atoms with Gasteiger partial charge in [0.15, 0.2) is 17.5 Å². The van der Waals surface area contributed by atoms with Crippen LogP contribution in [0.3, 0.4) is 0 Å². The van der Waals surface area contributed by atoms with Gasteiger partial charge in [-0.25, -0.2) is 18.2 Å². The number of alkyl halides is 3. The van der Waals surface area contributed by atoms with E-state index in [0.29, 0.717) is 0 Å². The van der Waals surface area contributed by atoms with Crippen LogP contribution in [0.5, 0.6) is 0 Å². The normalized spacial score (nSPS) is 12.0. The van der Waals surface area contributed by atoms with Gasteiger partial charge in [-0.05, 0) is 13.8 Å². The van der Waals surface area contributed by atoms with E-state index in [1.54, 1.807) is 6.92 Å². The van der Waals surface area contributed by atoms with Crippen molar-refractivity contribution in [2.75, 3.05) is 11.9 Å². The molecule has 1 aromatic heterocycles. The summed E-state index contributed by atoms with van der Waals surface area (Å²) in [6.07, 6.45) is -4.83. The Balaban J connectivity index is 3.00. The first-order chi connectivity index (χ1) is 9.68. The third-order valence-electron chi connectivity index (χ3n) is 2.97. The summed E-state index contributed by atoms with van der Waals surface area (Å²) < 4.78 is 79.6. The van der Waals surface area contributed by atoms with Crippen LogP contribution in [0.1, 0.15) is 18.2 Å². The maximum absolute atomic E-state index is 13.9. The van der Waals surface area contributed by atoms with Crippen molar-refractivity contribution in [1.82, 2.24) is 4.98 Å². The molecule has 8 heteroatoms. The summed E-state index contributed by atoms with van der Waals surface area (Å²) in [5.41, 5.74) is -2.93. The Bertz CT molecular complexity index is 708. The maximum Gasteiger partial charge on any atom is 0.433 e. The first-order valence-corrected chi connectivity index (χ1v) is 5.97. The zero-order valence-electron chi connectivity index (χ0n) is 11.0.